The number of piperazine rings is 1. The van der Waals surface area contributed by atoms with E-state index in [1.54, 1.807) is 16.2 Å². The number of nitrogens with zero attached hydrogens (tertiary/aromatic N) is 4. The molecule has 0 aliphatic carbocycles. The van der Waals surface area contributed by atoms with Gasteiger partial charge in [0.15, 0.2) is 0 Å². The summed E-state index contributed by atoms with van der Waals surface area (Å²) in [6.07, 6.45) is 3.33. The molecule has 162 valence electrons. The largest absolute Gasteiger partial charge is 0.415 e. The average molecular weight is 437 g/mol. The molecule has 0 atom stereocenters. The molecule has 0 spiro atoms. The molecule has 31 heavy (non-hydrogen) atoms. The smallest absolute Gasteiger partial charge is 0.410 e. The Kier molecular flexibility index (Phi) is 6.94. The van der Waals surface area contributed by atoms with Gasteiger partial charge in [0.2, 0.25) is 0 Å². The summed E-state index contributed by atoms with van der Waals surface area (Å²) in [6, 6.07) is 11.7. The van der Waals surface area contributed by atoms with Crippen molar-refractivity contribution in [3.8, 4) is 5.75 Å². The van der Waals surface area contributed by atoms with Crippen LogP contribution in [0.15, 0.2) is 48.1 Å². The molecule has 6 nitrogen and oxygen atoms in total. The minimum Gasteiger partial charge on any atom is -0.410 e. The molecule has 0 radical (unpaired) electrons. The lowest BCUT2D eigenvalue weighted by atomic mass is 10.1. The Balaban J connectivity index is 1.23. The number of carbonyl (C=O) groups excluding carboxylic acids is 1. The molecule has 0 unspecified atom stereocenters. The molecule has 3 aromatic rings. The second-order valence-electron chi connectivity index (χ2n) is 7.90. The molecular weight excluding hydrogens is 408 g/mol. The summed E-state index contributed by atoms with van der Waals surface area (Å²) in [7, 11) is 0. The van der Waals surface area contributed by atoms with E-state index in [0.29, 0.717) is 18.8 Å². The second kappa shape index (κ2) is 10.0. The van der Waals surface area contributed by atoms with Gasteiger partial charge in [0.1, 0.15) is 5.75 Å². The highest BCUT2D eigenvalue weighted by molar-refractivity contribution is 7.09. The number of hydrogen-bond acceptors (Lipinski definition) is 6. The van der Waals surface area contributed by atoms with E-state index in [0.717, 1.165) is 49.4 Å². The zero-order chi connectivity index (χ0) is 21.6. The van der Waals surface area contributed by atoms with Crippen LogP contribution in [0.25, 0.3) is 0 Å². The summed E-state index contributed by atoms with van der Waals surface area (Å²) < 4.78 is 5.60. The quantitative estimate of drug-likeness (QED) is 0.582. The number of thiazole rings is 1. The summed E-state index contributed by atoms with van der Waals surface area (Å²) in [6.45, 7) is 8.26. The number of amides is 1. The highest BCUT2D eigenvalue weighted by Crippen LogP contribution is 2.18. The Morgan fingerprint density at radius 1 is 1.06 bits per heavy atom. The third-order valence-corrected chi connectivity index (χ3v) is 6.74. The number of carbonyl (C=O) groups is 1. The standard InChI is InChI=1S/C24H28N4O2S/c1-18-4-3-10-25-22(18)16-20-5-7-21(8-6-20)30-24(29)28-14-12-27(13-15-28)11-9-23-19(2)26-17-31-23/h3-8,10,17H,9,11-16H2,1-2H3. The highest BCUT2D eigenvalue weighted by Gasteiger charge is 2.22. The number of benzene rings is 1. The first-order valence-corrected chi connectivity index (χ1v) is 11.5. The van der Waals surface area contributed by atoms with E-state index >= 15 is 0 Å². The molecule has 2 aromatic heterocycles. The summed E-state index contributed by atoms with van der Waals surface area (Å²) in [5.41, 5.74) is 6.43. The van der Waals surface area contributed by atoms with Gasteiger partial charge in [-0.15, -0.1) is 11.3 Å². The van der Waals surface area contributed by atoms with E-state index in [1.807, 2.05) is 42.0 Å². The number of rotatable bonds is 6. The SMILES string of the molecule is Cc1cccnc1Cc1ccc(OC(=O)N2CCN(CCc3scnc3C)CC2)cc1. The van der Waals surface area contributed by atoms with E-state index in [1.165, 1.54) is 10.4 Å². The molecule has 1 saturated heterocycles. The molecule has 1 amide bonds. The molecule has 1 aliphatic heterocycles. The van der Waals surface area contributed by atoms with Crippen LogP contribution in [0.3, 0.4) is 0 Å². The van der Waals surface area contributed by atoms with Gasteiger partial charge in [-0.25, -0.2) is 9.78 Å². The zero-order valence-corrected chi connectivity index (χ0v) is 18.9. The van der Waals surface area contributed by atoms with Gasteiger partial charge in [0.05, 0.1) is 11.2 Å². The molecule has 0 bridgehead atoms. The summed E-state index contributed by atoms with van der Waals surface area (Å²) in [4.78, 5) is 26.9. The highest BCUT2D eigenvalue weighted by atomic mass is 32.1. The van der Waals surface area contributed by atoms with Gasteiger partial charge in [0, 0.05) is 55.9 Å². The molecule has 0 N–H and O–H groups in total. The third kappa shape index (κ3) is 5.68. The maximum atomic E-state index is 12.6. The normalized spacial score (nSPS) is 14.6. The minimum absolute atomic E-state index is 0.272. The fourth-order valence-electron chi connectivity index (χ4n) is 3.72. The third-order valence-electron chi connectivity index (χ3n) is 5.75. The van der Waals surface area contributed by atoms with Crippen molar-refractivity contribution in [3.63, 3.8) is 0 Å². The first kappa shape index (κ1) is 21.5. The first-order chi connectivity index (χ1) is 15.1. The Morgan fingerprint density at radius 2 is 1.84 bits per heavy atom. The number of ether oxygens (including phenoxy) is 1. The Labute approximate surface area is 187 Å². The average Bonchev–Trinajstić information content (AvgIpc) is 3.20. The van der Waals surface area contributed by atoms with Gasteiger partial charge in [0.25, 0.3) is 0 Å². The molecule has 1 aliphatic rings. The van der Waals surface area contributed by atoms with Gasteiger partial charge in [-0.3, -0.25) is 9.88 Å². The fraction of sp³-hybridized carbons (Fsp3) is 0.375. The van der Waals surface area contributed by atoms with E-state index in [-0.39, 0.29) is 6.09 Å². The predicted octanol–water partition coefficient (Wildman–Crippen LogP) is 4.10. The van der Waals surface area contributed by atoms with Crippen LogP contribution in [0.1, 0.15) is 27.4 Å². The monoisotopic (exact) mass is 436 g/mol. The van der Waals surface area contributed by atoms with Crippen molar-refractivity contribution in [1.82, 2.24) is 19.8 Å². The first-order valence-electron chi connectivity index (χ1n) is 10.7. The van der Waals surface area contributed by atoms with Gasteiger partial charge >= 0.3 is 6.09 Å². The van der Waals surface area contributed by atoms with Crippen molar-refractivity contribution in [1.29, 1.82) is 0 Å². The maximum Gasteiger partial charge on any atom is 0.415 e. The lowest BCUT2D eigenvalue weighted by Crippen LogP contribution is -2.49. The Bertz CT molecular complexity index is 1010. The van der Waals surface area contributed by atoms with Crippen LogP contribution < -0.4 is 4.74 Å². The van der Waals surface area contributed by atoms with E-state index in [4.69, 9.17) is 4.74 Å². The number of aryl methyl sites for hydroxylation is 2. The summed E-state index contributed by atoms with van der Waals surface area (Å²) in [5.74, 6) is 0.578. The number of pyridine rings is 1. The van der Waals surface area contributed by atoms with Gasteiger partial charge in [-0.05, 0) is 49.6 Å². The molecular formula is C24H28N4O2S. The van der Waals surface area contributed by atoms with Crippen LogP contribution in [0.4, 0.5) is 4.79 Å². The van der Waals surface area contributed by atoms with E-state index in [2.05, 4.69) is 34.8 Å². The van der Waals surface area contributed by atoms with Crippen molar-refractivity contribution >= 4 is 17.4 Å². The maximum absolute atomic E-state index is 12.6. The van der Waals surface area contributed by atoms with Crippen LogP contribution >= 0.6 is 11.3 Å². The van der Waals surface area contributed by atoms with Crippen molar-refractivity contribution in [2.75, 3.05) is 32.7 Å². The number of aromatic nitrogens is 2. The Hall–Kier alpha value is -2.77. The van der Waals surface area contributed by atoms with E-state index in [9.17, 15) is 4.79 Å². The lowest BCUT2D eigenvalue weighted by Gasteiger charge is -2.33. The predicted molar refractivity (Wildman–Crippen MR) is 123 cm³/mol. The van der Waals surface area contributed by atoms with Crippen molar-refractivity contribution in [2.45, 2.75) is 26.7 Å². The van der Waals surface area contributed by atoms with Crippen LogP contribution in [0.2, 0.25) is 0 Å². The minimum atomic E-state index is -0.272. The van der Waals surface area contributed by atoms with Crippen LogP contribution in [-0.4, -0.2) is 58.6 Å². The summed E-state index contributed by atoms with van der Waals surface area (Å²) in [5, 5.41) is 0. The molecule has 3 heterocycles. The molecule has 7 heteroatoms. The molecule has 1 fully saturated rings. The van der Waals surface area contributed by atoms with Crippen molar-refractivity contribution in [2.24, 2.45) is 0 Å². The van der Waals surface area contributed by atoms with Gasteiger partial charge < -0.3 is 9.64 Å². The van der Waals surface area contributed by atoms with E-state index < -0.39 is 0 Å². The zero-order valence-electron chi connectivity index (χ0n) is 18.1. The topological polar surface area (TPSA) is 58.6 Å². The molecule has 0 saturated carbocycles. The number of hydrogen-bond donors (Lipinski definition) is 0. The molecule has 4 rings (SSSR count). The second-order valence-corrected chi connectivity index (χ2v) is 8.83. The lowest BCUT2D eigenvalue weighted by molar-refractivity contribution is 0.111. The van der Waals surface area contributed by atoms with Gasteiger partial charge in [-0.2, -0.15) is 0 Å². The van der Waals surface area contributed by atoms with Crippen molar-refractivity contribution in [3.05, 3.63) is 75.5 Å². The Morgan fingerprint density at radius 3 is 2.52 bits per heavy atom. The van der Waals surface area contributed by atoms with Crippen LogP contribution in [0, 0.1) is 13.8 Å². The fourth-order valence-corrected chi connectivity index (χ4v) is 4.49. The van der Waals surface area contributed by atoms with Crippen LogP contribution in [0.5, 0.6) is 5.75 Å². The van der Waals surface area contributed by atoms with Gasteiger partial charge in [-0.1, -0.05) is 18.2 Å². The van der Waals surface area contributed by atoms with Crippen molar-refractivity contribution < 1.29 is 9.53 Å². The summed E-state index contributed by atoms with van der Waals surface area (Å²) >= 11 is 1.72. The van der Waals surface area contributed by atoms with Crippen LogP contribution in [-0.2, 0) is 12.8 Å². The molecule has 1 aromatic carbocycles.